The van der Waals surface area contributed by atoms with Crippen molar-refractivity contribution in [1.29, 1.82) is 0 Å². The molecule has 2 N–H and O–H groups in total. The third-order valence-corrected chi connectivity index (χ3v) is 8.41. The number of hydrogen-bond acceptors (Lipinski definition) is 10. The highest BCUT2D eigenvalue weighted by Gasteiger charge is 2.39. The van der Waals surface area contributed by atoms with Gasteiger partial charge in [-0.25, -0.2) is 26.4 Å². The monoisotopic (exact) mass is 459 g/mol. The van der Waals surface area contributed by atoms with Crippen LogP contribution in [-0.4, -0.2) is 56.4 Å². The van der Waals surface area contributed by atoms with Crippen molar-refractivity contribution < 1.29 is 26.4 Å². The molecule has 1 aromatic carbocycles. The van der Waals surface area contributed by atoms with Crippen molar-refractivity contribution in [3.63, 3.8) is 0 Å². The number of aromatic nitrogens is 3. The van der Waals surface area contributed by atoms with E-state index in [4.69, 9.17) is 4.74 Å². The number of benzene rings is 1. The molecular formula is C15H17N5O6S3. The van der Waals surface area contributed by atoms with E-state index in [9.17, 15) is 21.6 Å². The molecule has 0 saturated carbocycles. The van der Waals surface area contributed by atoms with Crippen LogP contribution in [0.2, 0.25) is 0 Å². The topological polar surface area (TPSA) is 157 Å². The van der Waals surface area contributed by atoms with E-state index in [0.29, 0.717) is 5.56 Å². The highest BCUT2D eigenvalue weighted by molar-refractivity contribution is 7.98. The van der Waals surface area contributed by atoms with Crippen molar-refractivity contribution in [2.45, 2.75) is 33.5 Å². The van der Waals surface area contributed by atoms with Gasteiger partial charge < -0.3 is 4.74 Å². The lowest BCUT2D eigenvalue weighted by atomic mass is 10.1. The average Bonchev–Trinajstić information content (AvgIpc) is 2.89. The summed E-state index contributed by atoms with van der Waals surface area (Å²) < 4.78 is 57.2. The number of hydrogen-bond donors (Lipinski definition) is 2. The van der Waals surface area contributed by atoms with Crippen molar-refractivity contribution >= 4 is 43.6 Å². The molecule has 3 rings (SSSR count). The normalized spacial score (nSPS) is 17.4. The van der Waals surface area contributed by atoms with Gasteiger partial charge in [0.05, 0.1) is 17.3 Å². The van der Waals surface area contributed by atoms with E-state index in [1.165, 1.54) is 20.1 Å². The molecule has 0 saturated heterocycles. The number of anilines is 1. The van der Waals surface area contributed by atoms with Gasteiger partial charge in [0, 0.05) is 0 Å². The van der Waals surface area contributed by atoms with Crippen molar-refractivity contribution in [3.05, 3.63) is 23.8 Å². The number of amides is 2. The molecule has 156 valence electrons. The maximum absolute atomic E-state index is 12.7. The third kappa shape index (κ3) is 4.13. The lowest BCUT2D eigenvalue weighted by Crippen LogP contribution is -2.35. The first-order chi connectivity index (χ1) is 13.6. The first-order valence-corrected chi connectivity index (χ1v) is 12.4. The largest absolute Gasteiger partial charge is 0.467 e. The third-order valence-electron chi connectivity index (χ3n) is 4.08. The van der Waals surface area contributed by atoms with Crippen LogP contribution in [0.5, 0.6) is 6.01 Å². The Morgan fingerprint density at radius 2 is 2.00 bits per heavy atom. The first-order valence-electron chi connectivity index (χ1n) is 8.12. The summed E-state index contributed by atoms with van der Waals surface area (Å²) in [5.41, 5.74) is 0.396. The standard InChI is InChI=1S/C15H17N5O6S3/c1-8-7-9-5-4-6-10(11(9)28(8,22)23)29(24,25)20-13(21)16-12-17-14(26-2)19-15(18-12)27-3/h4-6,8H,7H2,1-3H3,(H2,16,17,18,19,20,21). The lowest BCUT2D eigenvalue weighted by molar-refractivity contribution is 0.256. The van der Waals surface area contributed by atoms with Gasteiger partial charge in [0.2, 0.25) is 5.95 Å². The fourth-order valence-electron chi connectivity index (χ4n) is 2.76. The van der Waals surface area contributed by atoms with E-state index in [-0.39, 0.29) is 28.4 Å². The van der Waals surface area contributed by atoms with Gasteiger partial charge in [0.25, 0.3) is 10.0 Å². The van der Waals surface area contributed by atoms with Crippen LogP contribution in [0.4, 0.5) is 10.7 Å². The number of fused-ring (bicyclic) bond motifs is 1. The summed E-state index contributed by atoms with van der Waals surface area (Å²) in [5, 5.41) is 1.68. The summed E-state index contributed by atoms with van der Waals surface area (Å²) in [6.07, 6.45) is 1.90. The summed E-state index contributed by atoms with van der Waals surface area (Å²) >= 11 is 1.16. The van der Waals surface area contributed by atoms with Gasteiger partial charge in [0.15, 0.2) is 15.0 Å². The second-order valence-corrected chi connectivity index (χ2v) is 10.7. The second-order valence-electron chi connectivity index (χ2n) is 6.00. The number of methoxy groups -OCH3 is 1. The zero-order valence-electron chi connectivity index (χ0n) is 15.5. The number of carbonyl (C=O) groups is 1. The Balaban J connectivity index is 1.89. The number of thioether (sulfide) groups is 1. The van der Waals surface area contributed by atoms with Crippen LogP contribution in [0.3, 0.4) is 0 Å². The van der Waals surface area contributed by atoms with Crippen molar-refractivity contribution in [2.75, 3.05) is 18.7 Å². The van der Waals surface area contributed by atoms with Gasteiger partial charge in [-0.2, -0.15) is 15.0 Å². The number of sulfone groups is 1. The van der Waals surface area contributed by atoms with Gasteiger partial charge >= 0.3 is 12.0 Å². The minimum absolute atomic E-state index is 0.0662. The molecular weight excluding hydrogens is 442 g/mol. The van der Waals surface area contributed by atoms with E-state index >= 15 is 0 Å². The van der Waals surface area contributed by atoms with Crippen LogP contribution in [0.1, 0.15) is 12.5 Å². The van der Waals surface area contributed by atoms with Gasteiger partial charge in [-0.1, -0.05) is 23.9 Å². The Labute approximate surface area is 171 Å². The molecule has 1 aliphatic heterocycles. The Kier molecular flexibility index (Phi) is 5.69. The highest BCUT2D eigenvalue weighted by Crippen LogP contribution is 2.35. The number of sulfonamides is 1. The van der Waals surface area contributed by atoms with E-state index in [2.05, 4.69) is 20.3 Å². The van der Waals surface area contributed by atoms with Crippen LogP contribution in [0.15, 0.2) is 33.1 Å². The lowest BCUT2D eigenvalue weighted by Gasteiger charge is -2.11. The van der Waals surface area contributed by atoms with Crippen LogP contribution in [-0.2, 0) is 26.3 Å². The Bertz CT molecular complexity index is 1160. The van der Waals surface area contributed by atoms with E-state index < -0.39 is 36.0 Å². The predicted molar refractivity (Wildman–Crippen MR) is 104 cm³/mol. The Hall–Kier alpha value is -2.45. The number of urea groups is 1. The molecule has 29 heavy (non-hydrogen) atoms. The zero-order chi connectivity index (χ0) is 21.4. The smallest absolute Gasteiger partial charge is 0.335 e. The maximum atomic E-state index is 12.7. The molecule has 0 radical (unpaired) electrons. The van der Waals surface area contributed by atoms with E-state index in [0.717, 1.165) is 17.8 Å². The van der Waals surface area contributed by atoms with Gasteiger partial charge in [-0.15, -0.1) is 0 Å². The fourth-order valence-corrected chi connectivity index (χ4v) is 6.49. The number of ether oxygens (including phenoxy) is 1. The van der Waals surface area contributed by atoms with E-state index in [1.807, 2.05) is 0 Å². The molecule has 1 aliphatic rings. The number of rotatable bonds is 5. The maximum Gasteiger partial charge on any atom is 0.335 e. The van der Waals surface area contributed by atoms with Crippen molar-refractivity contribution in [3.8, 4) is 6.01 Å². The Morgan fingerprint density at radius 3 is 2.66 bits per heavy atom. The van der Waals surface area contributed by atoms with E-state index in [1.54, 1.807) is 17.0 Å². The van der Waals surface area contributed by atoms with Crippen LogP contribution in [0, 0.1) is 0 Å². The fraction of sp³-hybridized carbons (Fsp3) is 0.333. The molecule has 0 aliphatic carbocycles. The number of nitrogens with one attached hydrogen (secondary N) is 2. The molecule has 1 aromatic heterocycles. The molecule has 1 atom stereocenters. The summed E-state index contributed by atoms with van der Waals surface area (Å²) in [7, 11) is -6.97. The van der Waals surface area contributed by atoms with Gasteiger partial charge in [-0.05, 0) is 31.2 Å². The summed E-state index contributed by atoms with van der Waals surface area (Å²) in [5.74, 6) is -0.228. The quantitative estimate of drug-likeness (QED) is 0.614. The molecule has 2 amide bonds. The van der Waals surface area contributed by atoms with Crippen LogP contribution in [0.25, 0.3) is 0 Å². The first kappa shape index (κ1) is 21.3. The minimum atomic E-state index is -4.48. The molecule has 0 spiro atoms. The molecule has 0 bridgehead atoms. The molecule has 1 unspecified atom stereocenters. The zero-order valence-corrected chi connectivity index (χ0v) is 18.0. The summed E-state index contributed by atoms with van der Waals surface area (Å²) in [6.45, 7) is 1.50. The average molecular weight is 460 g/mol. The number of carbonyl (C=O) groups excluding carboxylic acids is 1. The molecule has 2 heterocycles. The predicted octanol–water partition coefficient (Wildman–Crippen LogP) is 0.831. The number of nitrogens with zero attached hydrogens (tertiary/aromatic N) is 3. The van der Waals surface area contributed by atoms with Crippen molar-refractivity contribution in [1.82, 2.24) is 19.7 Å². The van der Waals surface area contributed by atoms with Crippen LogP contribution < -0.4 is 14.8 Å². The van der Waals surface area contributed by atoms with Crippen molar-refractivity contribution in [2.24, 2.45) is 0 Å². The second kappa shape index (κ2) is 7.76. The molecule has 0 fully saturated rings. The summed E-state index contributed by atoms with van der Waals surface area (Å²) in [6, 6.07) is 2.90. The molecule has 2 aromatic rings. The SMILES string of the molecule is COc1nc(NC(=O)NS(=O)(=O)c2cccc3c2S(=O)(=O)C(C)C3)nc(SC)n1. The molecule has 11 nitrogen and oxygen atoms in total. The minimum Gasteiger partial charge on any atom is -0.467 e. The molecule has 14 heteroatoms. The van der Waals surface area contributed by atoms with Gasteiger partial charge in [-0.3, -0.25) is 5.32 Å². The van der Waals surface area contributed by atoms with Crippen LogP contribution >= 0.6 is 11.8 Å². The highest BCUT2D eigenvalue weighted by atomic mass is 32.2. The van der Waals surface area contributed by atoms with Gasteiger partial charge in [0.1, 0.15) is 4.90 Å². The summed E-state index contributed by atoms with van der Waals surface area (Å²) in [4.78, 5) is 23.1. The Morgan fingerprint density at radius 1 is 1.28 bits per heavy atom.